The Morgan fingerprint density at radius 2 is 2.00 bits per heavy atom. The van der Waals surface area contributed by atoms with Crippen molar-refractivity contribution in [3.05, 3.63) is 17.7 Å². The maximum atomic E-state index is 10.9. The molecule has 1 aliphatic carbocycles. The maximum Gasteiger partial charge on any atom is 0.356 e. The zero-order valence-corrected chi connectivity index (χ0v) is 10.6. The molecule has 1 atom stereocenters. The fraction of sp³-hybridized carbons (Fsp3) is 0.714. The number of rotatable bonds is 2. The first kappa shape index (κ1) is 11.8. The van der Waals surface area contributed by atoms with Gasteiger partial charge < -0.3 is 9.67 Å². The summed E-state index contributed by atoms with van der Waals surface area (Å²) in [5.41, 5.74) is 0.203. The molecule has 0 amide bonds. The van der Waals surface area contributed by atoms with Crippen molar-refractivity contribution in [1.29, 1.82) is 0 Å². The van der Waals surface area contributed by atoms with Crippen molar-refractivity contribution in [2.45, 2.75) is 51.5 Å². The van der Waals surface area contributed by atoms with Crippen molar-refractivity contribution >= 4 is 5.97 Å². The topological polar surface area (TPSA) is 55.1 Å². The van der Waals surface area contributed by atoms with Crippen molar-refractivity contribution in [3.63, 3.8) is 0 Å². The van der Waals surface area contributed by atoms with E-state index < -0.39 is 5.97 Å². The molecule has 1 saturated carbocycles. The Bertz CT molecular complexity index is 447. The molecule has 0 bridgehead atoms. The van der Waals surface area contributed by atoms with E-state index in [1.165, 1.54) is 38.5 Å². The van der Waals surface area contributed by atoms with Gasteiger partial charge in [0.1, 0.15) is 5.82 Å². The van der Waals surface area contributed by atoms with Crippen LogP contribution in [-0.4, -0.2) is 20.6 Å². The molecule has 1 aromatic rings. The molecule has 18 heavy (non-hydrogen) atoms. The molecule has 0 saturated heterocycles. The zero-order chi connectivity index (χ0) is 12.5. The summed E-state index contributed by atoms with van der Waals surface area (Å²) < 4.78 is 2.08. The van der Waals surface area contributed by atoms with Crippen LogP contribution in [-0.2, 0) is 13.0 Å². The van der Waals surface area contributed by atoms with E-state index in [0.29, 0.717) is 0 Å². The first-order valence-electron chi connectivity index (χ1n) is 7.03. The number of aryl methyl sites for hydroxylation is 1. The van der Waals surface area contributed by atoms with Crippen LogP contribution in [0.5, 0.6) is 0 Å². The molecule has 0 spiro atoms. The third-order valence-electron chi connectivity index (χ3n) is 4.56. The number of carboxylic acids is 1. The molecule has 98 valence electrons. The summed E-state index contributed by atoms with van der Waals surface area (Å²) in [5.74, 6) is 1.63. The third-order valence-corrected chi connectivity index (χ3v) is 4.56. The van der Waals surface area contributed by atoms with Gasteiger partial charge in [-0.3, -0.25) is 0 Å². The van der Waals surface area contributed by atoms with Crippen LogP contribution in [0.15, 0.2) is 6.20 Å². The smallest absolute Gasteiger partial charge is 0.356 e. The molecule has 1 N–H and O–H groups in total. The van der Waals surface area contributed by atoms with E-state index in [4.69, 9.17) is 5.11 Å². The van der Waals surface area contributed by atoms with E-state index in [1.807, 2.05) is 0 Å². The number of aromatic carboxylic acids is 1. The normalized spacial score (nSPS) is 24.8. The van der Waals surface area contributed by atoms with Crippen LogP contribution in [0.1, 0.15) is 54.8 Å². The molecule has 1 fully saturated rings. The summed E-state index contributed by atoms with van der Waals surface area (Å²) in [7, 11) is 0. The van der Waals surface area contributed by atoms with Gasteiger partial charge in [0, 0.05) is 19.2 Å². The number of imidazole rings is 1. The highest BCUT2D eigenvalue weighted by Gasteiger charge is 2.28. The molecule has 3 rings (SSSR count). The van der Waals surface area contributed by atoms with Crippen LogP contribution in [0.25, 0.3) is 0 Å². The van der Waals surface area contributed by atoms with Crippen LogP contribution >= 0.6 is 0 Å². The van der Waals surface area contributed by atoms with Crippen molar-refractivity contribution < 1.29 is 9.90 Å². The second-order valence-electron chi connectivity index (χ2n) is 5.70. The molecule has 4 nitrogen and oxygen atoms in total. The molecule has 4 heteroatoms. The molecule has 1 unspecified atom stereocenters. The van der Waals surface area contributed by atoms with Gasteiger partial charge in [-0.15, -0.1) is 0 Å². The fourth-order valence-electron chi connectivity index (χ4n) is 3.56. The minimum atomic E-state index is -0.911. The van der Waals surface area contributed by atoms with Gasteiger partial charge in [-0.05, 0) is 18.3 Å². The standard InChI is InChI=1S/C14H20N2O2/c17-14(18)12-9-16-8-11(6-7-13(16)15-12)10-4-2-1-3-5-10/h9-11H,1-8H2,(H,17,18). The summed E-state index contributed by atoms with van der Waals surface area (Å²) in [6.07, 6.45) is 10.7. The summed E-state index contributed by atoms with van der Waals surface area (Å²) >= 11 is 0. The monoisotopic (exact) mass is 248 g/mol. The number of carbonyl (C=O) groups is 1. The van der Waals surface area contributed by atoms with Gasteiger partial charge in [0.05, 0.1) is 0 Å². The lowest BCUT2D eigenvalue weighted by Crippen LogP contribution is -2.27. The predicted molar refractivity (Wildman–Crippen MR) is 67.6 cm³/mol. The average Bonchev–Trinajstić information content (AvgIpc) is 2.82. The van der Waals surface area contributed by atoms with E-state index >= 15 is 0 Å². The second-order valence-corrected chi connectivity index (χ2v) is 5.70. The van der Waals surface area contributed by atoms with Crippen LogP contribution in [0.3, 0.4) is 0 Å². The Morgan fingerprint density at radius 3 is 2.72 bits per heavy atom. The van der Waals surface area contributed by atoms with Crippen molar-refractivity contribution in [2.75, 3.05) is 0 Å². The van der Waals surface area contributed by atoms with Crippen molar-refractivity contribution in [2.24, 2.45) is 11.8 Å². The highest BCUT2D eigenvalue weighted by atomic mass is 16.4. The number of aromatic nitrogens is 2. The highest BCUT2D eigenvalue weighted by Crippen LogP contribution is 2.35. The van der Waals surface area contributed by atoms with Crippen LogP contribution < -0.4 is 0 Å². The van der Waals surface area contributed by atoms with E-state index in [0.717, 1.165) is 30.6 Å². The molecule has 0 aromatic carbocycles. The highest BCUT2D eigenvalue weighted by molar-refractivity contribution is 5.85. The maximum absolute atomic E-state index is 10.9. The summed E-state index contributed by atoms with van der Waals surface area (Å²) in [5, 5.41) is 8.97. The lowest BCUT2D eigenvalue weighted by atomic mass is 9.77. The second kappa shape index (κ2) is 4.75. The van der Waals surface area contributed by atoms with Gasteiger partial charge in [0.25, 0.3) is 0 Å². The Labute approximate surface area is 107 Å². The minimum Gasteiger partial charge on any atom is -0.476 e. The zero-order valence-electron chi connectivity index (χ0n) is 10.6. The Balaban J connectivity index is 1.73. The minimum absolute atomic E-state index is 0.203. The number of hydrogen-bond donors (Lipinski definition) is 1. The van der Waals surface area contributed by atoms with E-state index in [1.54, 1.807) is 6.20 Å². The Morgan fingerprint density at radius 1 is 1.22 bits per heavy atom. The predicted octanol–water partition coefficient (Wildman–Crippen LogP) is 2.72. The van der Waals surface area contributed by atoms with E-state index in [2.05, 4.69) is 9.55 Å². The molecule has 1 aromatic heterocycles. The lowest BCUT2D eigenvalue weighted by molar-refractivity contribution is 0.0691. The summed E-state index contributed by atoms with van der Waals surface area (Å²) in [6.45, 7) is 0.972. The number of fused-ring (bicyclic) bond motifs is 1. The van der Waals surface area contributed by atoms with Crippen LogP contribution in [0, 0.1) is 11.8 Å². The van der Waals surface area contributed by atoms with Gasteiger partial charge in [-0.1, -0.05) is 32.1 Å². The molecule has 2 heterocycles. The van der Waals surface area contributed by atoms with Crippen molar-refractivity contribution in [1.82, 2.24) is 9.55 Å². The number of nitrogens with zero attached hydrogens (tertiary/aromatic N) is 2. The van der Waals surface area contributed by atoms with Crippen molar-refractivity contribution in [3.8, 4) is 0 Å². The molecular formula is C14H20N2O2. The lowest BCUT2D eigenvalue weighted by Gasteiger charge is -2.33. The van der Waals surface area contributed by atoms with E-state index in [9.17, 15) is 4.79 Å². The quantitative estimate of drug-likeness (QED) is 0.875. The number of hydrogen-bond acceptors (Lipinski definition) is 2. The molecule has 2 aliphatic rings. The fourth-order valence-corrected chi connectivity index (χ4v) is 3.56. The summed E-state index contributed by atoms with van der Waals surface area (Å²) in [4.78, 5) is 15.1. The Hall–Kier alpha value is -1.32. The van der Waals surface area contributed by atoms with Gasteiger partial charge in [0.15, 0.2) is 5.69 Å². The van der Waals surface area contributed by atoms with Gasteiger partial charge in [-0.25, -0.2) is 9.78 Å². The Kier molecular flexibility index (Phi) is 3.10. The van der Waals surface area contributed by atoms with Gasteiger partial charge >= 0.3 is 5.97 Å². The number of carboxylic acid groups (broad SMARTS) is 1. The largest absolute Gasteiger partial charge is 0.476 e. The SMILES string of the molecule is O=C(O)c1cn2c(n1)CCC(C1CCCCC1)C2. The average molecular weight is 248 g/mol. The third kappa shape index (κ3) is 2.16. The van der Waals surface area contributed by atoms with E-state index in [-0.39, 0.29) is 5.69 Å². The van der Waals surface area contributed by atoms with Crippen LogP contribution in [0.4, 0.5) is 0 Å². The first-order valence-corrected chi connectivity index (χ1v) is 7.03. The molecule has 0 radical (unpaired) electrons. The first-order chi connectivity index (χ1) is 8.74. The van der Waals surface area contributed by atoms with Gasteiger partial charge in [0.2, 0.25) is 0 Å². The molecular weight excluding hydrogens is 228 g/mol. The van der Waals surface area contributed by atoms with Gasteiger partial charge in [-0.2, -0.15) is 0 Å². The molecule has 1 aliphatic heterocycles. The summed E-state index contributed by atoms with van der Waals surface area (Å²) in [6, 6.07) is 0. The van der Waals surface area contributed by atoms with Crippen LogP contribution in [0.2, 0.25) is 0 Å².